The molecular weight excluding hydrogens is 426 g/mol. The highest BCUT2D eigenvalue weighted by Gasteiger charge is 2.42. The van der Waals surface area contributed by atoms with Crippen LogP contribution in [0.3, 0.4) is 0 Å². The van der Waals surface area contributed by atoms with E-state index in [9.17, 15) is 9.59 Å². The highest BCUT2D eigenvalue weighted by atomic mass is 79.9. The molecule has 7 heteroatoms. The van der Waals surface area contributed by atoms with Gasteiger partial charge in [-0.3, -0.25) is 14.6 Å². The molecule has 0 bridgehead atoms. The molecule has 5 nitrogen and oxygen atoms in total. The van der Waals surface area contributed by atoms with E-state index in [0.29, 0.717) is 15.4 Å². The summed E-state index contributed by atoms with van der Waals surface area (Å²) in [5, 5.41) is 1.41. The summed E-state index contributed by atoms with van der Waals surface area (Å²) < 4.78 is 2.34. The number of aryl methyl sites for hydroxylation is 1. The first-order valence-electron chi connectivity index (χ1n) is 8.35. The zero-order valence-corrected chi connectivity index (χ0v) is 16.9. The predicted octanol–water partition coefficient (Wildman–Crippen LogP) is 3.18. The summed E-state index contributed by atoms with van der Waals surface area (Å²) in [6.45, 7) is 0. The molecule has 1 N–H and O–H groups in total. The van der Waals surface area contributed by atoms with E-state index in [0.717, 1.165) is 27.1 Å². The minimum atomic E-state index is -0.711. The first-order valence-corrected chi connectivity index (χ1v) is 10.4. The van der Waals surface area contributed by atoms with Crippen molar-refractivity contribution >= 4 is 44.4 Å². The van der Waals surface area contributed by atoms with E-state index in [1.807, 2.05) is 48.5 Å². The Balaban J connectivity index is 2.02. The summed E-state index contributed by atoms with van der Waals surface area (Å²) in [5.74, 6) is -0.0761. The normalized spacial score (nSPS) is 21.5. The number of benzene rings is 1. The van der Waals surface area contributed by atoms with Crippen molar-refractivity contribution in [1.29, 1.82) is 0 Å². The van der Waals surface area contributed by atoms with Gasteiger partial charge in [-0.25, -0.2) is 0 Å². The summed E-state index contributed by atoms with van der Waals surface area (Å²) >= 11 is 4.90. The predicted molar refractivity (Wildman–Crippen MR) is 111 cm³/mol. The number of hydrogen-bond donors (Lipinski definition) is 1. The van der Waals surface area contributed by atoms with Gasteiger partial charge in [0.05, 0.1) is 15.6 Å². The zero-order valence-electron chi connectivity index (χ0n) is 14.5. The van der Waals surface area contributed by atoms with Crippen LogP contribution in [-0.4, -0.2) is 21.6 Å². The van der Waals surface area contributed by atoms with Crippen molar-refractivity contribution < 1.29 is 4.79 Å². The number of carbonyl (C=O) groups is 1. The average Bonchev–Trinajstić information content (AvgIpc) is 2.99. The minimum absolute atomic E-state index is 0.0761. The number of thioether (sulfide) groups is 1. The first kappa shape index (κ1) is 16.8. The molecule has 0 unspecified atom stereocenters. The van der Waals surface area contributed by atoms with Gasteiger partial charge in [-0.2, -0.15) is 0 Å². The zero-order chi connectivity index (χ0) is 18.9. The molecule has 0 aromatic carbocycles. The smallest absolute Gasteiger partial charge is 0.228 e. The second kappa shape index (κ2) is 5.56. The van der Waals surface area contributed by atoms with Gasteiger partial charge in [0.25, 0.3) is 0 Å². The van der Waals surface area contributed by atoms with Gasteiger partial charge in [-0.15, -0.1) is 11.8 Å². The number of H-pyrrole nitrogens is 1. The summed E-state index contributed by atoms with van der Waals surface area (Å²) in [4.78, 5) is 34.3. The molecule has 0 saturated carbocycles. The van der Waals surface area contributed by atoms with Crippen molar-refractivity contribution in [3.05, 3.63) is 73.4 Å². The number of halogens is 1. The molecule has 1 aromatic heterocycles. The summed E-state index contributed by atoms with van der Waals surface area (Å²) in [5.41, 5.74) is 2.39. The minimum Gasteiger partial charge on any atom is -0.361 e. The number of nitrogens with zero attached hydrogens (tertiary/aromatic N) is 2. The van der Waals surface area contributed by atoms with Gasteiger partial charge in [-0.1, -0.05) is 0 Å². The van der Waals surface area contributed by atoms with Gasteiger partial charge in [-0.05, 0) is 46.5 Å². The maximum Gasteiger partial charge on any atom is 0.228 e. The molecule has 1 spiro atoms. The van der Waals surface area contributed by atoms with Crippen molar-refractivity contribution in [2.75, 3.05) is 6.26 Å². The molecule has 2 aliphatic carbocycles. The molecule has 134 valence electrons. The first-order chi connectivity index (χ1) is 13.0. The quantitative estimate of drug-likeness (QED) is 0.632. The van der Waals surface area contributed by atoms with E-state index in [4.69, 9.17) is 0 Å². The van der Waals surface area contributed by atoms with Gasteiger partial charge in [0.15, 0.2) is 5.78 Å². The maximum absolute atomic E-state index is 13.3. The third-order valence-electron chi connectivity index (χ3n) is 5.30. The molecule has 27 heavy (non-hydrogen) atoms. The lowest BCUT2D eigenvalue weighted by atomic mass is 9.73. The average molecular weight is 440 g/mol. The number of nitrogens with one attached hydrogen (secondary N) is 1. The lowest BCUT2D eigenvalue weighted by Crippen LogP contribution is -2.42. The molecule has 0 saturated heterocycles. The van der Waals surface area contributed by atoms with E-state index in [1.165, 1.54) is 11.8 Å². The van der Waals surface area contributed by atoms with Crippen molar-refractivity contribution in [2.24, 2.45) is 12.0 Å². The van der Waals surface area contributed by atoms with E-state index in [2.05, 4.69) is 25.9 Å². The molecule has 1 aromatic rings. The third-order valence-corrected chi connectivity index (χ3v) is 6.82. The molecule has 2 aliphatic heterocycles. The molecule has 0 radical (unpaired) electrons. The number of allylic oxidation sites excluding steroid dienone is 5. The largest absolute Gasteiger partial charge is 0.361 e. The van der Waals surface area contributed by atoms with Crippen molar-refractivity contribution in [3.63, 3.8) is 0 Å². The van der Waals surface area contributed by atoms with Crippen LogP contribution in [0, 0.1) is 0 Å². The Kier molecular flexibility index (Phi) is 3.45. The molecule has 0 amide bonds. The van der Waals surface area contributed by atoms with Gasteiger partial charge in [0, 0.05) is 47.1 Å². The fourth-order valence-corrected chi connectivity index (χ4v) is 5.45. The summed E-state index contributed by atoms with van der Waals surface area (Å²) in [7, 11) is 1.87. The number of rotatable bonds is 1. The Morgan fingerprint density at radius 1 is 1.33 bits per heavy atom. The highest BCUT2D eigenvalue weighted by Crippen LogP contribution is 2.48. The van der Waals surface area contributed by atoms with Crippen LogP contribution in [0.4, 0.5) is 0 Å². The fraction of sp³-hybridized carbons (Fsp3) is 0.150. The topological polar surface area (TPSA) is 67.2 Å². The van der Waals surface area contributed by atoms with Crippen LogP contribution in [0.1, 0.15) is 5.56 Å². The highest BCUT2D eigenvalue weighted by molar-refractivity contribution is 9.12. The van der Waals surface area contributed by atoms with Crippen LogP contribution >= 0.6 is 27.7 Å². The van der Waals surface area contributed by atoms with Crippen LogP contribution in [0.25, 0.3) is 22.2 Å². The summed E-state index contributed by atoms with van der Waals surface area (Å²) in [6, 6.07) is 1.96. The number of fused-ring (bicyclic) bond motifs is 3. The van der Waals surface area contributed by atoms with Gasteiger partial charge in [0.2, 0.25) is 5.43 Å². The second-order valence-corrected chi connectivity index (χ2v) is 8.41. The number of aromatic amines is 1. The lowest BCUT2D eigenvalue weighted by molar-refractivity contribution is -0.110. The van der Waals surface area contributed by atoms with Gasteiger partial charge in [0.1, 0.15) is 10.9 Å². The Labute approximate surface area is 167 Å². The standard InChI is InChI=1S/C20H14BrN3O2S/c1-24-9-10-3-5-22-16-14(10)18(24)19(26)17-15(16)20(4-6-23-17)8-11(21)12(25)7-13(20)27-2/h3-9,22H,1-2H3/t20-/m1/s1. The number of aromatic nitrogens is 2. The molecule has 1 atom stereocenters. The Morgan fingerprint density at radius 2 is 2.15 bits per heavy atom. The number of pyridine rings is 1. The van der Waals surface area contributed by atoms with Crippen molar-refractivity contribution in [2.45, 2.75) is 5.41 Å². The van der Waals surface area contributed by atoms with Crippen LogP contribution in [0.15, 0.2) is 62.1 Å². The van der Waals surface area contributed by atoms with Gasteiger partial charge < -0.3 is 9.55 Å². The molecule has 0 fully saturated rings. The Hall–Kier alpha value is -2.38. The van der Waals surface area contributed by atoms with E-state index >= 15 is 0 Å². The van der Waals surface area contributed by atoms with Crippen LogP contribution in [0.2, 0.25) is 0 Å². The molecule has 4 aliphatic rings. The number of hydrogen-bond acceptors (Lipinski definition) is 4. The summed E-state index contributed by atoms with van der Waals surface area (Å²) in [6.07, 6.45) is 12.9. The van der Waals surface area contributed by atoms with Crippen LogP contribution < -0.4 is 10.8 Å². The second-order valence-electron chi connectivity index (χ2n) is 6.71. The maximum atomic E-state index is 13.3. The van der Waals surface area contributed by atoms with E-state index in [-0.39, 0.29) is 11.2 Å². The van der Waals surface area contributed by atoms with Gasteiger partial charge >= 0.3 is 0 Å². The number of ketones is 1. The van der Waals surface area contributed by atoms with Crippen molar-refractivity contribution in [1.82, 2.24) is 9.55 Å². The van der Waals surface area contributed by atoms with Crippen LogP contribution in [0.5, 0.6) is 0 Å². The molecule has 5 rings (SSSR count). The van der Waals surface area contributed by atoms with Crippen molar-refractivity contribution in [3.8, 4) is 11.3 Å². The third kappa shape index (κ3) is 2.04. The monoisotopic (exact) mass is 439 g/mol. The molecular formula is C20H14BrN3O2S. The molecule has 3 heterocycles. The van der Waals surface area contributed by atoms with E-state index < -0.39 is 5.41 Å². The Morgan fingerprint density at radius 3 is 2.93 bits per heavy atom. The number of carbonyl (C=O) groups excluding carboxylic acids is 1. The van der Waals surface area contributed by atoms with Crippen LogP contribution in [-0.2, 0) is 17.3 Å². The fourth-order valence-electron chi connectivity index (χ4n) is 4.18. The Bertz CT molecular complexity index is 1330. The lowest BCUT2D eigenvalue weighted by Gasteiger charge is -2.35. The SMILES string of the molecule is CSC1=CC(=O)C(Br)=C[C@]12C=CN=c1c2c2[nH]ccc3cn(C)c(c3-2)c1=O. The van der Waals surface area contributed by atoms with E-state index in [1.54, 1.807) is 12.3 Å².